The van der Waals surface area contributed by atoms with Gasteiger partial charge in [0.25, 0.3) is 5.56 Å². The quantitative estimate of drug-likeness (QED) is 0.732. The molecular weight excluding hydrogens is 326 g/mol. The minimum Gasteiger partial charge on any atom is -0.334 e. The van der Waals surface area contributed by atoms with Crippen molar-refractivity contribution >= 4 is 16.7 Å². The highest BCUT2D eigenvalue weighted by Crippen LogP contribution is 2.31. The lowest BCUT2D eigenvalue weighted by Gasteiger charge is -2.25. The molecule has 0 saturated carbocycles. The number of likely N-dealkylation sites (tertiary alicyclic amines) is 1. The number of aromatic nitrogens is 2. The molecule has 1 saturated heterocycles. The van der Waals surface area contributed by atoms with Crippen LogP contribution >= 0.6 is 0 Å². The average molecular weight is 347 g/mol. The van der Waals surface area contributed by atoms with Crippen LogP contribution in [0.2, 0.25) is 0 Å². The number of hydrogen-bond acceptors (Lipinski definition) is 3. The van der Waals surface area contributed by atoms with Crippen molar-refractivity contribution in [2.45, 2.75) is 32.4 Å². The Kier molecular flexibility index (Phi) is 4.29. The maximum absolute atomic E-state index is 12.9. The molecule has 0 bridgehead atoms. The first-order valence-corrected chi connectivity index (χ1v) is 8.96. The molecule has 1 aliphatic rings. The fourth-order valence-corrected chi connectivity index (χ4v) is 3.82. The standard InChI is InChI=1S/C21H21N3O2/c1-15-17-10-5-6-11-18(17)21(26)24(22-15)14-20(25)23-13-7-12-19(23)16-8-3-2-4-9-16/h2-6,8-11,19H,7,12-14H2,1H3. The van der Waals surface area contributed by atoms with E-state index in [-0.39, 0.29) is 24.1 Å². The smallest absolute Gasteiger partial charge is 0.275 e. The zero-order valence-corrected chi connectivity index (χ0v) is 14.8. The molecule has 0 spiro atoms. The van der Waals surface area contributed by atoms with Crippen LogP contribution in [0.15, 0.2) is 59.4 Å². The van der Waals surface area contributed by atoms with E-state index in [2.05, 4.69) is 17.2 Å². The van der Waals surface area contributed by atoms with Gasteiger partial charge >= 0.3 is 0 Å². The molecular formula is C21H21N3O2. The Labute approximate surface area is 151 Å². The summed E-state index contributed by atoms with van der Waals surface area (Å²) in [6.07, 6.45) is 1.93. The molecule has 0 radical (unpaired) electrons. The van der Waals surface area contributed by atoms with Gasteiger partial charge in [-0.15, -0.1) is 0 Å². The number of nitrogens with zero attached hydrogens (tertiary/aromatic N) is 3. The summed E-state index contributed by atoms with van der Waals surface area (Å²) in [6.45, 7) is 2.57. The van der Waals surface area contributed by atoms with E-state index in [9.17, 15) is 9.59 Å². The van der Waals surface area contributed by atoms with Gasteiger partial charge in [-0.25, -0.2) is 4.68 Å². The Morgan fingerprint density at radius 3 is 2.54 bits per heavy atom. The van der Waals surface area contributed by atoms with Crippen molar-refractivity contribution < 1.29 is 4.79 Å². The topological polar surface area (TPSA) is 55.2 Å². The van der Waals surface area contributed by atoms with Gasteiger partial charge in [0.2, 0.25) is 5.91 Å². The lowest BCUT2D eigenvalue weighted by molar-refractivity contribution is -0.133. The van der Waals surface area contributed by atoms with E-state index in [0.29, 0.717) is 5.39 Å². The number of carbonyl (C=O) groups is 1. The first-order valence-electron chi connectivity index (χ1n) is 8.96. The second-order valence-electron chi connectivity index (χ2n) is 6.75. The molecule has 2 heterocycles. The highest BCUT2D eigenvalue weighted by atomic mass is 16.2. The Balaban J connectivity index is 1.63. The van der Waals surface area contributed by atoms with E-state index in [0.717, 1.165) is 36.0 Å². The molecule has 1 amide bonds. The average Bonchev–Trinajstić information content (AvgIpc) is 3.16. The highest BCUT2D eigenvalue weighted by Gasteiger charge is 2.30. The van der Waals surface area contributed by atoms with Gasteiger partial charge in [-0.1, -0.05) is 48.5 Å². The van der Waals surface area contributed by atoms with Crippen molar-refractivity contribution in [3.63, 3.8) is 0 Å². The third-order valence-corrected chi connectivity index (χ3v) is 5.09. The molecule has 4 rings (SSSR count). The van der Waals surface area contributed by atoms with E-state index < -0.39 is 0 Å². The summed E-state index contributed by atoms with van der Waals surface area (Å²) in [5, 5.41) is 5.81. The highest BCUT2D eigenvalue weighted by molar-refractivity contribution is 5.83. The second-order valence-corrected chi connectivity index (χ2v) is 6.75. The van der Waals surface area contributed by atoms with Gasteiger partial charge in [0, 0.05) is 11.9 Å². The summed E-state index contributed by atoms with van der Waals surface area (Å²) >= 11 is 0. The Morgan fingerprint density at radius 2 is 1.77 bits per heavy atom. The molecule has 132 valence electrons. The lowest BCUT2D eigenvalue weighted by Crippen LogP contribution is -2.37. The number of amides is 1. The van der Waals surface area contributed by atoms with Crippen molar-refractivity contribution in [1.82, 2.24) is 14.7 Å². The molecule has 1 fully saturated rings. The van der Waals surface area contributed by atoms with Crippen LogP contribution < -0.4 is 5.56 Å². The van der Waals surface area contributed by atoms with Gasteiger partial charge in [-0.2, -0.15) is 5.10 Å². The summed E-state index contributed by atoms with van der Waals surface area (Å²) in [6, 6.07) is 17.6. The number of aryl methyl sites for hydroxylation is 1. The van der Waals surface area contributed by atoms with E-state index in [1.165, 1.54) is 4.68 Å². The Morgan fingerprint density at radius 1 is 1.08 bits per heavy atom. The summed E-state index contributed by atoms with van der Waals surface area (Å²) in [5.74, 6) is -0.0550. The van der Waals surface area contributed by atoms with Gasteiger partial charge in [0.15, 0.2) is 0 Å². The third-order valence-electron chi connectivity index (χ3n) is 5.09. The molecule has 0 aliphatic carbocycles. The van der Waals surface area contributed by atoms with Crippen LogP contribution in [0.1, 0.15) is 30.1 Å². The normalized spacial score (nSPS) is 17.0. The van der Waals surface area contributed by atoms with Gasteiger partial charge in [-0.05, 0) is 31.4 Å². The van der Waals surface area contributed by atoms with Crippen molar-refractivity contribution in [2.75, 3.05) is 6.54 Å². The minimum absolute atomic E-state index is 0.0200. The monoisotopic (exact) mass is 347 g/mol. The number of rotatable bonds is 3. The van der Waals surface area contributed by atoms with Crippen LogP contribution in [0.5, 0.6) is 0 Å². The fraction of sp³-hybridized carbons (Fsp3) is 0.286. The van der Waals surface area contributed by atoms with E-state index >= 15 is 0 Å². The number of benzene rings is 2. The molecule has 5 heteroatoms. The fourth-order valence-electron chi connectivity index (χ4n) is 3.82. The predicted molar refractivity (Wildman–Crippen MR) is 101 cm³/mol. The molecule has 1 atom stereocenters. The van der Waals surface area contributed by atoms with Crippen LogP contribution in [0, 0.1) is 6.92 Å². The van der Waals surface area contributed by atoms with E-state index in [4.69, 9.17) is 0 Å². The lowest BCUT2D eigenvalue weighted by atomic mass is 10.0. The van der Waals surface area contributed by atoms with Gasteiger partial charge in [0.05, 0.1) is 17.1 Å². The molecule has 3 aromatic rings. The Bertz CT molecular complexity index is 1010. The number of carbonyl (C=O) groups excluding carboxylic acids is 1. The van der Waals surface area contributed by atoms with E-state index in [1.54, 1.807) is 6.07 Å². The van der Waals surface area contributed by atoms with Gasteiger partial charge in [-0.3, -0.25) is 9.59 Å². The van der Waals surface area contributed by atoms with Gasteiger partial charge in [0.1, 0.15) is 6.54 Å². The second kappa shape index (κ2) is 6.75. The summed E-state index contributed by atoms with van der Waals surface area (Å²) in [5.41, 5.74) is 1.69. The maximum atomic E-state index is 12.9. The maximum Gasteiger partial charge on any atom is 0.275 e. The first-order chi connectivity index (χ1) is 12.6. The van der Waals surface area contributed by atoms with Crippen LogP contribution in [-0.2, 0) is 11.3 Å². The molecule has 1 aliphatic heterocycles. The molecule has 2 aromatic carbocycles. The van der Waals surface area contributed by atoms with Crippen molar-refractivity contribution in [3.8, 4) is 0 Å². The largest absolute Gasteiger partial charge is 0.334 e. The predicted octanol–water partition coefficient (Wildman–Crippen LogP) is 3.07. The summed E-state index contributed by atoms with van der Waals surface area (Å²) < 4.78 is 1.31. The molecule has 1 aromatic heterocycles. The number of hydrogen-bond donors (Lipinski definition) is 0. The van der Waals surface area contributed by atoms with Crippen LogP contribution in [-0.4, -0.2) is 27.1 Å². The SMILES string of the molecule is Cc1nn(CC(=O)N2CCCC2c2ccccc2)c(=O)c2ccccc12. The summed E-state index contributed by atoms with van der Waals surface area (Å²) in [7, 11) is 0. The van der Waals surface area contributed by atoms with Crippen LogP contribution in [0.4, 0.5) is 0 Å². The van der Waals surface area contributed by atoms with Gasteiger partial charge < -0.3 is 4.90 Å². The third kappa shape index (κ3) is 2.90. The minimum atomic E-state index is -0.213. The van der Waals surface area contributed by atoms with Crippen molar-refractivity contribution in [2.24, 2.45) is 0 Å². The van der Waals surface area contributed by atoms with E-state index in [1.807, 2.05) is 48.2 Å². The molecule has 0 N–H and O–H groups in total. The van der Waals surface area contributed by atoms with Crippen LogP contribution in [0.3, 0.4) is 0 Å². The molecule has 26 heavy (non-hydrogen) atoms. The molecule has 5 nitrogen and oxygen atoms in total. The van der Waals surface area contributed by atoms with Crippen LogP contribution in [0.25, 0.3) is 10.8 Å². The Hall–Kier alpha value is -2.95. The van der Waals surface area contributed by atoms with Crippen molar-refractivity contribution in [1.29, 1.82) is 0 Å². The summed E-state index contributed by atoms with van der Waals surface area (Å²) in [4.78, 5) is 27.5. The zero-order valence-electron chi connectivity index (χ0n) is 14.8. The van der Waals surface area contributed by atoms with Crippen molar-refractivity contribution in [3.05, 3.63) is 76.2 Å². The zero-order chi connectivity index (χ0) is 18.1. The number of fused-ring (bicyclic) bond motifs is 1. The molecule has 1 unspecified atom stereocenters. The first kappa shape index (κ1) is 16.5.